The summed E-state index contributed by atoms with van der Waals surface area (Å²) in [5.74, 6) is 7.62. The predicted molar refractivity (Wildman–Crippen MR) is 71.3 cm³/mol. The Morgan fingerprint density at radius 2 is 1.94 bits per heavy atom. The summed E-state index contributed by atoms with van der Waals surface area (Å²) in [4.78, 5) is 0. The molecule has 0 aliphatic heterocycles. The molecule has 0 N–H and O–H groups in total. The zero-order valence-corrected chi connectivity index (χ0v) is 10.8. The lowest BCUT2D eigenvalue weighted by Gasteiger charge is -2.09. The molecule has 0 aromatic heterocycles. The summed E-state index contributed by atoms with van der Waals surface area (Å²) in [6.07, 6.45) is 2.23. The van der Waals surface area contributed by atoms with E-state index in [-0.39, 0.29) is 0 Å². The van der Waals surface area contributed by atoms with Crippen LogP contribution in [0, 0.1) is 35.0 Å². The molecule has 1 aromatic rings. The minimum atomic E-state index is 0.459. The molecule has 0 aliphatic carbocycles. The van der Waals surface area contributed by atoms with E-state index in [0.717, 1.165) is 18.4 Å². The third kappa shape index (κ3) is 4.75. The molecule has 0 aliphatic rings. The SMILES string of the molecule is CCC(C#Cc1cccc(C#N)c1)CC(C)C. The van der Waals surface area contributed by atoms with Crippen molar-refractivity contribution in [3.63, 3.8) is 0 Å². The Kier molecular flexibility index (Phi) is 5.31. The molecule has 1 unspecified atom stereocenters. The van der Waals surface area contributed by atoms with Gasteiger partial charge in [-0.1, -0.05) is 38.7 Å². The van der Waals surface area contributed by atoms with Crippen LogP contribution in [-0.4, -0.2) is 0 Å². The summed E-state index contributed by atoms with van der Waals surface area (Å²) in [7, 11) is 0. The molecule has 0 amide bonds. The molecule has 1 rings (SSSR count). The van der Waals surface area contributed by atoms with Gasteiger partial charge in [-0.15, -0.1) is 0 Å². The lowest BCUT2D eigenvalue weighted by Crippen LogP contribution is -2.00. The molecule has 0 radical (unpaired) electrons. The Morgan fingerprint density at radius 3 is 2.53 bits per heavy atom. The Morgan fingerprint density at radius 1 is 1.24 bits per heavy atom. The van der Waals surface area contributed by atoms with E-state index in [9.17, 15) is 0 Å². The van der Waals surface area contributed by atoms with Crippen LogP contribution in [0.2, 0.25) is 0 Å². The van der Waals surface area contributed by atoms with Crippen LogP contribution in [-0.2, 0) is 0 Å². The van der Waals surface area contributed by atoms with Crippen LogP contribution in [0.25, 0.3) is 0 Å². The highest BCUT2D eigenvalue weighted by atomic mass is 14.2. The highest BCUT2D eigenvalue weighted by Gasteiger charge is 2.04. The van der Waals surface area contributed by atoms with E-state index in [1.165, 1.54) is 0 Å². The Labute approximate surface area is 104 Å². The molecule has 1 nitrogen and oxygen atoms in total. The van der Waals surface area contributed by atoms with Gasteiger partial charge in [0, 0.05) is 11.5 Å². The normalized spacial score (nSPS) is 11.5. The van der Waals surface area contributed by atoms with E-state index in [2.05, 4.69) is 38.7 Å². The molecule has 0 saturated carbocycles. The maximum absolute atomic E-state index is 8.81. The van der Waals surface area contributed by atoms with Crippen molar-refractivity contribution in [2.75, 3.05) is 0 Å². The van der Waals surface area contributed by atoms with Gasteiger partial charge in [0.25, 0.3) is 0 Å². The Balaban J connectivity index is 2.78. The van der Waals surface area contributed by atoms with Crippen LogP contribution < -0.4 is 0 Å². The topological polar surface area (TPSA) is 23.8 Å². The van der Waals surface area contributed by atoms with Gasteiger partial charge in [0.2, 0.25) is 0 Å². The molecule has 1 atom stereocenters. The molecular weight excluding hydrogens is 206 g/mol. The van der Waals surface area contributed by atoms with Gasteiger partial charge < -0.3 is 0 Å². The number of hydrogen-bond donors (Lipinski definition) is 0. The molecule has 0 heterocycles. The van der Waals surface area contributed by atoms with Crippen LogP contribution in [0.15, 0.2) is 24.3 Å². The molecule has 1 aromatic carbocycles. The first kappa shape index (κ1) is 13.3. The van der Waals surface area contributed by atoms with Crippen LogP contribution in [0.1, 0.15) is 44.7 Å². The largest absolute Gasteiger partial charge is 0.192 e. The summed E-state index contributed by atoms with van der Waals surface area (Å²) < 4.78 is 0. The third-order valence-corrected chi connectivity index (χ3v) is 2.66. The van der Waals surface area contributed by atoms with Crippen LogP contribution in [0.3, 0.4) is 0 Å². The van der Waals surface area contributed by atoms with Gasteiger partial charge in [-0.3, -0.25) is 0 Å². The van der Waals surface area contributed by atoms with E-state index in [4.69, 9.17) is 5.26 Å². The average Bonchev–Trinajstić information content (AvgIpc) is 2.34. The second-order valence-electron chi connectivity index (χ2n) is 4.70. The van der Waals surface area contributed by atoms with E-state index >= 15 is 0 Å². The number of benzene rings is 1. The van der Waals surface area contributed by atoms with Crippen LogP contribution >= 0.6 is 0 Å². The summed E-state index contributed by atoms with van der Waals surface area (Å²) in [5, 5.41) is 8.81. The molecule has 0 saturated heterocycles. The fourth-order valence-electron chi connectivity index (χ4n) is 1.75. The zero-order chi connectivity index (χ0) is 12.7. The first-order valence-corrected chi connectivity index (χ1v) is 6.17. The van der Waals surface area contributed by atoms with Crippen LogP contribution in [0.4, 0.5) is 0 Å². The van der Waals surface area contributed by atoms with Crippen molar-refractivity contribution in [2.24, 2.45) is 11.8 Å². The summed E-state index contributed by atoms with van der Waals surface area (Å²) in [6.45, 7) is 6.62. The van der Waals surface area contributed by atoms with E-state index in [1.54, 1.807) is 6.07 Å². The molecule has 88 valence electrons. The first-order valence-electron chi connectivity index (χ1n) is 6.17. The van der Waals surface area contributed by atoms with Gasteiger partial charge in [0.1, 0.15) is 0 Å². The third-order valence-electron chi connectivity index (χ3n) is 2.66. The summed E-state index contributed by atoms with van der Waals surface area (Å²) in [6, 6.07) is 9.61. The highest BCUT2D eigenvalue weighted by molar-refractivity contribution is 5.41. The van der Waals surface area contributed by atoms with Crippen molar-refractivity contribution in [1.82, 2.24) is 0 Å². The number of nitriles is 1. The zero-order valence-electron chi connectivity index (χ0n) is 10.8. The molecule has 1 heteroatoms. The number of nitrogens with zero attached hydrogens (tertiary/aromatic N) is 1. The Hall–Kier alpha value is -1.73. The number of rotatable bonds is 3. The smallest absolute Gasteiger partial charge is 0.0992 e. The molecule has 0 bridgehead atoms. The van der Waals surface area contributed by atoms with E-state index in [0.29, 0.717) is 17.4 Å². The van der Waals surface area contributed by atoms with Gasteiger partial charge >= 0.3 is 0 Å². The highest BCUT2D eigenvalue weighted by Crippen LogP contribution is 2.14. The minimum Gasteiger partial charge on any atom is -0.192 e. The van der Waals surface area contributed by atoms with Crippen molar-refractivity contribution >= 4 is 0 Å². The van der Waals surface area contributed by atoms with Gasteiger partial charge in [-0.05, 0) is 37.0 Å². The second kappa shape index (κ2) is 6.77. The minimum absolute atomic E-state index is 0.459. The monoisotopic (exact) mass is 225 g/mol. The van der Waals surface area contributed by atoms with E-state index in [1.807, 2.05) is 18.2 Å². The van der Waals surface area contributed by atoms with Crippen LogP contribution in [0.5, 0.6) is 0 Å². The molecule has 0 fully saturated rings. The molecule has 17 heavy (non-hydrogen) atoms. The van der Waals surface area contributed by atoms with Gasteiger partial charge in [0.05, 0.1) is 11.6 Å². The predicted octanol–water partition coefficient (Wildman–Crippen LogP) is 3.98. The number of hydrogen-bond acceptors (Lipinski definition) is 1. The quantitative estimate of drug-likeness (QED) is 0.714. The average molecular weight is 225 g/mol. The van der Waals surface area contributed by atoms with Gasteiger partial charge in [0.15, 0.2) is 0 Å². The fraction of sp³-hybridized carbons (Fsp3) is 0.438. The van der Waals surface area contributed by atoms with Crippen molar-refractivity contribution in [1.29, 1.82) is 5.26 Å². The van der Waals surface area contributed by atoms with Crippen molar-refractivity contribution in [3.8, 4) is 17.9 Å². The molecular formula is C16H19N. The van der Waals surface area contributed by atoms with Crippen molar-refractivity contribution < 1.29 is 0 Å². The summed E-state index contributed by atoms with van der Waals surface area (Å²) in [5.41, 5.74) is 1.61. The van der Waals surface area contributed by atoms with Gasteiger partial charge in [-0.25, -0.2) is 0 Å². The lowest BCUT2D eigenvalue weighted by atomic mass is 9.95. The standard InChI is InChI=1S/C16H19N/c1-4-14(10-13(2)3)8-9-15-6-5-7-16(11-15)12-17/h5-7,11,13-14H,4,10H2,1-3H3. The maximum atomic E-state index is 8.81. The van der Waals surface area contributed by atoms with E-state index < -0.39 is 0 Å². The van der Waals surface area contributed by atoms with Crippen molar-refractivity contribution in [3.05, 3.63) is 35.4 Å². The fourth-order valence-corrected chi connectivity index (χ4v) is 1.75. The maximum Gasteiger partial charge on any atom is 0.0992 e. The second-order valence-corrected chi connectivity index (χ2v) is 4.70. The first-order chi connectivity index (χ1) is 8.15. The Bertz CT molecular complexity index is 454. The van der Waals surface area contributed by atoms with Gasteiger partial charge in [-0.2, -0.15) is 5.26 Å². The van der Waals surface area contributed by atoms with Crippen molar-refractivity contribution in [2.45, 2.75) is 33.6 Å². The summed E-state index contributed by atoms with van der Waals surface area (Å²) >= 11 is 0. The molecule has 0 spiro atoms. The lowest BCUT2D eigenvalue weighted by molar-refractivity contribution is 0.477.